The average molecular weight is 423 g/mol. The summed E-state index contributed by atoms with van der Waals surface area (Å²) in [6, 6.07) is 21.4. The SMILES string of the molecule is CCC(NC(=O)c1ccc(C)c(S(=O)(=O)Nc2cccc(C)c2)c1)c1ccccc1. The molecule has 1 atom stereocenters. The van der Waals surface area contributed by atoms with E-state index in [0.717, 1.165) is 17.5 Å². The summed E-state index contributed by atoms with van der Waals surface area (Å²) in [5.41, 5.74) is 3.32. The molecule has 5 nitrogen and oxygen atoms in total. The third kappa shape index (κ3) is 5.07. The minimum absolute atomic E-state index is 0.0874. The quantitative estimate of drug-likeness (QED) is 0.563. The molecule has 0 fully saturated rings. The summed E-state index contributed by atoms with van der Waals surface area (Å²) in [5.74, 6) is -0.308. The van der Waals surface area contributed by atoms with E-state index in [4.69, 9.17) is 0 Å². The van der Waals surface area contributed by atoms with Crippen molar-refractivity contribution in [1.82, 2.24) is 5.32 Å². The maximum absolute atomic E-state index is 13.0. The van der Waals surface area contributed by atoms with Gasteiger partial charge in [0.2, 0.25) is 0 Å². The van der Waals surface area contributed by atoms with Crippen LogP contribution in [0, 0.1) is 13.8 Å². The second kappa shape index (κ2) is 9.13. The van der Waals surface area contributed by atoms with Gasteiger partial charge in [-0.05, 0) is 61.2 Å². The first-order chi connectivity index (χ1) is 14.3. The highest BCUT2D eigenvalue weighted by Crippen LogP contribution is 2.23. The number of carbonyl (C=O) groups is 1. The zero-order valence-corrected chi connectivity index (χ0v) is 18.2. The monoisotopic (exact) mass is 422 g/mol. The number of sulfonamides is 1. The van der Waals surface area contributed by atoms with Gasteiger partial charge in [-0.15, -0.1) is 0 Å². The number of rotatable bonds is 7. The fourth-order valence-corrected chi connectivity index (χ4v) is 4.62. The number of anilines is 1. The van der Waals surface area contributed by atoms with E-state index in [1.807, 2.05) is 50.2 Å². The number of benzene rings is 3. The summed E-state index contributed by atoms with van der Waals surface area (Å²) in [6.45, 7) is 5.60. The molecule has 1 unspecified atom stereocenters. The number of aryl methyl sites for hydroxylation is 2. The van der Waals surface area contributed by atoms with Crippen LogP contribution in [0.2, 0.25) is 0 Å². The molecule has 30 heavy (non-hydrogen) atoms. The lowest BCUT2D eigenvalue weighted by Crippen LogP contribution is -2.28. The molecule has 156 valence electrons. The highest BCUT2D eigenvalue weighted by atomic mass is 32.2. The number of hydrogen-bond acceptors (Lipinski definition) is 3. The van der Waals surface area contributed by atoms with Gasteiger partial charge in [-0.25, -0.2) is 8.42 Å². The zero-order chi connectivity index (χ0) is 21.7. The molecule has 1 amide bonds. The normalized spacial score (nSPS) is 12.2. The van der Waals surface area contributed by atoms with Gasteiger partial charge in [0.1, 0.15) is 0 Å². The summed E-state index contributed by atoms with van der Waals surface area (Å²) in [5, 5.41) is 3.00. The van der Waals surface area contributed by atoms with Gasteiger partial charge in [0, 0.05) is 11.3 Å². The Morgan fingerprint density at radius 2 is 1.67 bits per heavy atom. The minimum atomic E-state index is -3.83. The zero-order valence-electron chi connectivity index (χ0n) is 17.3. The van der Waals surface area contributed by atoms with Crippen LogP contribution in [0.25, 0.3) is 0 Å². The van der Waals surface area contributed by atoms with E-state index in [1.54, 1.807) is 37.3 Å². The number of carbonyl (C=O) groups excluding carboxylic acids is 1. The Balaban J connectivity index is 1.86. The maximum Gasteiger partial charge on any atom is 0.262 e. The van der Waals surface area contributed by atoms with Crippen LogP contribution in [0.3, 0.4) is 0 Å². The van der Waals surface area contributed by atoms with E-state index in [2.05, 4.69) is 10.0 Å². The molecule has 0 aromatic heterocycles. The lowest BCUT2D eigenvalue weighted by Gasteiger charge is -2.18. The standard InChI is InChI=1S/C24H26N2O3S/c1-4-22(19-10-6-5-7-11-19)25-24(27)20-14-13-18(3)23(16-20)30(28,29)26-21-12-8-9-17(2)15-21/h5-16,22,26H,4H2,1-3H3,(H,25,27). The van der Waals surface area contributed by atoms with Crippen molar-refractivity contribution in [3.8, 4) is 0 Å². The van der Waals surface area contributed by atoms with Crippen molar-refractivity contribution in [3.63, 3.8) is 0 Å². The molecular formula is C24H26N2O3S. The van der Waals surface area contributed by atoms with Crippen molar-refractivity contribution in [1.29, 1.82) is 0 Å². The van der Waals surface area contributed by atoms with Gasteiger partial charge in [0.25, 0.3) is 15.9 Å². The Bertz CT molecular complexity index is 1140. The van der Waals surface area contributed by atoms with Gasteiger partial charge in [0.05, 0.1) is 10.9 Å². The Morgan fingerprint density at radius 3 is 2.33 bits per heavy atom. The molecule has 0 aliphatic carbocycles. The predicted molar refractivity (Wildman–Crippen MR) is 120 cm³/mol. The second-order valence-electron chi connectivity index (χ2n) is 7.30. The van der Waals surface area contributed by atoms with Crippen LogP contribution in [0.4, 0.5) is 5.69 Å². The van der Waals surface area contributed by atoms with Crippen LogP contribution in [0.5, 0.6) is 0 Å². The van der Waals surface area contributed by atoms with E-state index in [-0.39, 0.29) is 16.8 Å². The molecule has 0 aliphatic heterocycles. The summed E-state index contributed by atoms with van der Waals surface area (Å²) >= 11 is 0. The first kappa shape index (κ1) is 21.6. The summed E-state index contributed by atoms with van der Waals surface area (Å²) in [6.07, 6.45) is 0.724. The Morgan fingerprint density at radius 1 is 0.933 bits per heavy atom. The molecule has 0 saturated carbocycles. The minimum Gasteiger partial charge on any atom is -0.345 e. The lowest BCUT2D eigenvalue weighted by molar-refractivity contribution is 0.0935. The highest BCUT2D eigenvalue weighted by Gasteiger charge is 2.21. The highest BCUT2D eigenvalue weighted by molar-refractivity contribution is 7.92. The summed E-state index contributed by atoms with van der Waals surface area (Å²) in [7, 11) is -3.83. The molecule has 0 saturated heterocycles. The van der Waals surface area contributed by atoms with Gasteiger partial charge in [-0.3, -0.25) is 9.52 Å². The molecule has 0 heterocycles. The fourth-order valence-electron chi connectivity index (χ4n) is 3.30. The molecule has 3 rings (SSSR count). The van der Waals surface area contributed by atoms with Crippen LogP contribution in [-0.4, -0.2) is 14.3 Å². The third-order valence-corrected chi connectivity index (χ3v) is 6.45. The van der Waals surface area contributed by atoms with Crippen LogP contribution in [-0.2, 0) is 10.0 Å². The van der Waals surface area contributed by atoms with Crippen LogP contribution in [0.1, 0.15) is 46.4 Å². The van der Waals surface area contributed by atoms with Crippen molar-refractivity contribution < 1.29 is 13.2 Å². The van der Waals surface area contributed by atoms with E-state index >= 15 is 0 Å². The Hall–Kier alpha value is -3.12. The smallest absolute Gasteiger partial charge is 0.262 e. The van der Waals surface area contributed by atoms with Crippen molar-refractivity contribution in [2.75, 3.05) is 4.72 Å². The van der Waals surface area contributed by atoms with Crippen molar-refractivity contribution in [2.45, 2.75) is 38.1 Å². The first-order valence-corrected chi connectivity index (χ1v) is 11.3. The number of amides is 1. The largest absolute Gasteiger partial charge is 0.345 e. The van der Waals surface area contributed by atoms with Crippen LogP contribution >= 0.6 is 0 Å². The lowest BCUT2D eigenvalue weighted by atomic mass is 10.0. The molecule has 0 radical (unpaired) electrons. The van der Waals surface area contributed by atoms with E-state index in [0.29, 0.717) is 16.8 Å². The summed E-state index contributed by atoms with van der Waals surface area (Å²) < 4.78 is 28.5. The molecule has 0 bridgehead atoms. The molecule has 0 spiro atoms. The Labute approximate surface area is 178 Å². The van der Waals surface area contributed by atoms with Gasteiger partial charge >= 0.3 is 0 Å². The van der Waals surface area contributed by atoms with Gasteiger partial charge in [-0.2, -0.15) is 0 Å². The average Bonchev–Trinajstić information content (AvgIpc) is 2.72. The van der Waals surface area contributed by atoms with Crippen molar-refractivity contribution >= 4 is 21.6 Å². The van der Waals surface area contributed by atoms with E-state index in [1.165, 1.54) is 6.07 Å². The van der Waals surface area contributed by atoms with Crippen molar-refractivity contribution in [2.24, 2.45) is 0 Å². The Kier molecular flexibility index (Phi) is 6.57. The summed E-state index contributed by atoms with van der Waals surface area (Å²) in [4.78, 5) is 12.9. The van der Waals surface area contributed by atoms with Gasteiger partial charge in [0.15, 0.2) is 0 Å². The van der Waals surface area contributed by atoms with E-state index in [9.17, 15) is 13.2 Å². The molecule has 0 aliphatic rings. The fraction of sp³-hybridized carbons (Fsp3) is 0.208. The molecule has 3 aromatic rings. The maximum atomic E-state index is 13.0. The predicted octanol–water partition coefficient (Wildman–Crippen LogP) is 4.99. The van der Waals surface area contributed by atoms with Crippen LogP contribution < -0.4 is 10.0 Å². The molecule has 6 heteroatoms. The molecule has 2 N–H and O–H groups in total. The number of hydrogen-bond donors (Lipinski definition) is 2. The number of nitrogens with one attached hydrogen (secondary N) is 2. The second-order valence-corrected chi connectivity index (χ2v) is 8.95. The van der Waals surface area contributed by atoms with Crippen molar-refractivity contribution in [3.05, 3.63) is 95.1 Å². The topological polar surface area (TPSA) is 75.3 Å². The third-order valence-electron chi connectivity index (χ3n) is 4.93. The van der Waals surface area contributed by atoms with E-state index < -0.39 is 10.0 Å². The molecular weight excluding hydrogens is 396 g/mol. The molecule has 3 aromatic carbocycles. The van der Waals surface area contributed by atoms with Gasteiger partial charge in [-0.1, -0.05) is 55.5 Å². The van der Waals surface area contributed by atoms with Gasteiger partial charge < -0.3 is 5.32 Å². The first-order valence-electron chi connectivity index (χ1n) is 9.86. The van der Waals surface area contributed by atoms with Crippen LogP contribution in [0.15, 0.2) is 77.7 Å².